The van der Waals surface area contributed by atoms with E-state index < -0.39 is 0 Å². The molecule has 2 N–H and O–H groups in total. The monoisotopic (exact) mass is 208 g/mol. The molecule has 15 heavy (non-hydrogen) atoms. The van der Waals surface area contributed by atoms with E-state index in [1.54, 1.807) is 6.20 Å². The summed E-state index contributed by atoms with van der Waals surface area (Å²) in [5, 5.41) is 0. The number of aliphatic imine (C=N–C) groups is 1. The Morgan fingerprint density at radius 3 is 2.60 bits per heavy atom. The first-order chi connectivity index (χ1) is 7.26. The predicted octanol–water partition coefficient (Wildman–Crippen LogP) is 2.39. The van der Waals surface area contributed by atoms with Crippen LogP contribution in [-0.4, -0.2) is 18.9 Å². The molecule has 0 saturated heterocycles. The van der Waals surface area contributed by atoms with Gasteiger partial charge in [0.05, 0.1) is 6.10 Å². The SMILES string of the molecule is C=N/C=C\C(=C/C)O[C@H]1CC[C@H](N)CC1. The van der Waals surface area contributed by atoms with Gasteiger partial charge in [0, 0.05) is 12.2 Å². The first-order valence-electron chi connectivity index (χ1n) is 5.47. The third-order valence-electron chi connectivity index (χ3n) is 2.65. The lowest BCUT2D eigenvalue weighted by Gasteiger charge is -2.27. The summed E-state index contributed by atoms with van der Waals surface area (Å²) in [5.41, 5.74) is 5.83. The summed E-state index contributed by atoms with van der Waals surface area (Å²) in [7, 11) is 0. The first-order valence-corrected chi connectivity index (χ1v) is 5.47. The molecule has 0 aliphatic heterocycles. The van der Waals surface area contributed by atoms with E-state index in [0.29, 0.717) is 12.1 Å². The summed E-state index contributed by atoms with van der Waals surface area (Å²) in [6.45, 7) is 5.34. The minimum absolute atomic E-state index is 0.311. The number of ether oxygens (including phenoxy) is 1. The van der Waals surface area contributed by atoms with Gasteiger partial charge in [-0.05, 0) is 51.5 Å². The van der Waals surface area contributed by atoms with Gasteiger partial charge in [0.15, 0.2) is 0 Å². The molecule has 3 heteroatoms. The molecule has 1 saturated carbocycles. The minimum atomic E-state index is 0.311. The van der Waals surface area contributed by atoms with Crippen molar-refractivity contribution in [1.82, 2.24) is 0 Å². The molecule has 1 fully saturated rings. The molecular formula is C12H20N2O. The quantitative estimate of drug-likeness (QED) is 0.438. The molecule has 0 bridgehead atoms. The van der Waals surface area contributed by atoms with Crippen LogP contribution in [0.5, 0.6) is 0 Å². The van der Waals surface area contributed by atoms with E-state index in [1.807, 2.05) is 19.1 Å². The molecule has 0 radical (unpaired) electrons. The van der Waals surface area contributed by atoms with Crippen LogP contribution < -0.4 is 5.73 Å². The molecule has 84 valence electrons. The van der Waals surface area contributed by atoms with Crippen molar-refractivity contribution < 1.29 is 4.74 Å². The smallest absolute Gasteiger partial charge is 0.116 e. The van der Waals surface area contributed by atoms with Gasteiger partial charge < -0.3 is 10.5 Å². The second-order valence-electron chi connectivity index (χ2n) is 3.84. The maximum atomic E-state index is 5.83. The maximum Gasteiger partial charge on any atom is 0.116 e. The average molecular weight is 208 g/mol. The van der Waals surface area contributed by atoms with Crippen molar-refractivity contribution in [2.75, 3.05) is 0 Å². The Morgan fingerprint density at radius 1 is 1.40 bits per heavy atom. The second-order valence-corrected chi connectivity index (χ2v) is 3.84. The van der Waals surface area contributed by atoms with E-state index in [4.69, 9.17) is 10.5 Å². The van der Waals surface area contributed by atoms with Crippen molar-refractivity contribution in [2.24, 2.45) is 10.7 Å². The predicted molar refractivity (Wildman–Crippen MR) is 63.8 cm³/mol. The van der Waals surface area contributed by atoms with Crippen LogP contribution in [0.15, 0.2) is 29.1 Å². The molecule has 1 rings (SSSR count). The molecule has 0 amide bonds. The molecule has 0 unspecified atom stereocenters. The maximum absolute atomic E-state index is 5.83. The first kappa shape index (κ1) is 12.0. The molecule has 1 aliphatic rings. The molecule has 0 aromatic rings. The normalized spacial score (nSPS) is 28.0. The summed E-state index contributed by atoms with van der Waals surface area (Å²) in [4.78, 5) is 3.66. The second kappa shape index (κ2) is 6.40. The van der Waals surface area contributed by atoms with E-state index in [9.17, 15) is 0 Å². The molecule has 0 aromatic heterocycles. The summed E-state index contributed by atoms with van der Waals surface area (Å²) in [6, 6.07) is 0.365. The van der Waals surface area contributed by atoms with E-state index in [0.717, 1.165) is 31.4 Å². The Balaban J connectivity index is 2.39. The Bertz CT molecular complexity index is 250. The van der Waals surface area contributed by atoms with Gasteiger partial charge in [0.2, 0.25) is 0 Å². The number of nitrogens with zero attached hydrogens (tertiary/aromatic N) is 1. The highest BCUT2D eigenvalue weighted by Crippen LogP contribution is 2.22. The van der Waals surface area contributed by atoms with E-state index in [1.165, 1.54) is 0 Å². The highest BCUT2D eigenvalue weighted by molar-refractivity contribution is 5.26. The van der Waals surface area contributed by atoms with Gasteiger partial charge in [0.1, 0.15) is 5.76 Å². The van der Waals surface area contributed by atoms with Crippen LogP contribution in [0, 0.1) is 0 Å². The fourth-order valence-electron chi connectivity index (χ4n) is 1.73. The molecule has 0 spiro atoms. The van der Waals surface area contributed by atoms with Gasteiger partial charge in [-0.25, -0.2) is 0 Å². The third-order valence-corrected chi connectivity index (χ3v) is 2.65. The number of allylic oxidation sites excluding steroid dienone is 2. The van der Waals surface area contributed by atoms with E-state index in [-0.39, 0.29) is 0 Å². The number of hydrogen-bond acceptors (Lipinski definition) is 3. The van der Waals surface area contributed by atoms with Crippen LogP contribution >= 0.6 is 0 Å². The fraction of sp³-hybridized carbons (Fsp3) is 0.583. The zero-order valence-corrected chi connectivity index (χ0v) is 9.36. The molecule has 0 heterocycles. The average Bonchev–Trinajstić information content (AvgIpc) is 2.27. The summed E-state index contributed by atoms with van der Waals surface area (Å²) >= 11 is 0. The van der Waals surface area contributed by atoms with Crippen LogP contribution in [0.2, 0.25) is 0 Å². The van der Waals surface area contributed by atoms with Gasteiger partial charge >= 0.3 is 0 Å². The van der Waals surface area contributed by atoms with Gasteiger partial charge in [0.25, 0.3) is 0 Å². The van der Waals surface area contributed by atoms with Crippen LogP contribution in [-0.2, 0) is 4.74 Å². The van der Waals surface area contributed by atoms with Gasteiger partial charge in [-0.3, -0.25) is 4.99 Å². The van der Waals surface area contributed by atoms with Gasteiger partial charge in [-0.15, -0.1) is 0 Å². The number of rotatable bonds is 4. The van der Waals surface area contributed by atoms with E-state index in [2.05, 4.69) is 11.7 Å². The van der Waals surface area contributed by atoms with Crippen molar-refractivity contribution in [3.05, 3.63) is 24.1 Å². The lowest BCUT2D eigenvalue weighted by molar-refractivity contribution is 0.0846. The molecule has 0 aromatic carbocycles. The zero-order chi connectivity index (χ0) is 11.1. The zero-order valence-electron chi connectivity index (χ0n) is 9.36. The standard InChI is InChI=1S/C12H20N2O/c1-3-11(8-9-14-2)15-12-6-4-10(13)5-7-12/h3,8-10,12H,2,4-7,13H2,1H3/b9-8-,11-3+/t10-,12-. The topological polar surface area (TPSA) is 47.6 Å². The van der Waals surface area contributed by atoms with Crippen LogP contribution in [0.25, 0.3) is 0 Å². The lowest BCUT2D eigenvalue weighted by atomic mass is 9.94. The fourth-order valence-corrected chi connectivity index (χ4v) is 1.73. The van der Waals surface area contributed by atoms with E-state index >= 15 is 0 Å². The summed E-state index contributed by atoms with van der Waals surface area (Å²) in [5.74, 6) is 0.864. The number of nitrogens with two attached hydrogens (primary N) is 1. The minimum Gasteiger partial charge on any atom is -0.491 e. The highest BCUT2D eigenvalue weighted by atomic mass is 16.5. The van der Waals surface area contributed by atoms with Crippen molar-refractivity contribution in [1.29, 1.82) is 0 Å². The Hall–Kier alpha value is -1.09. The van der Waals surface area contributed by atoms with Crippen molar-refractivity contribution in [3.63, 3.8) is 0 Å². The van der Waals surface area contributed by atoms with Crippen molar-refractivity contribution in [2.45, 2.75) is 44.8 Å². The van der Waals surface area contributed by atoms with Gasteiger partial charge in [-0.2, -0.15) is 0 Å². The Morgan fingerprint density at radius 2 is 2.07 bits per heavy atom. The Kier molecular flexibility index (Phi) is 5.12. The largest absolute Gasteiger partial charge is 0.491 e. The van der Waals surface area contributed by atoms with Crippen molar-refractivity contribution >= 4 is 6.72 Å². The van der Waals surface area contributed by atoms with Crippen LogP contribution in [0.3, 0.4) is 0 Å². The Labute approximate surface area is 91.7 Å². The summed E-state index contributed by atoms with van der Waals surface area (Å²) in [6.07, 6.45) is 9.95. The molecular weight excluding hydrogens is 188 g/mol. The lowest BCUT2D eigenvalue weighted by Crippen LogP contribution is -2.30. The molecule has 3 nitrogen and oxygen atoms in total. The van der Waals surface area contributed by atoms with Crippen LogP contribution in [0.1, 0.15) is 32.6 Å². The highest BCUT2D eigenvalue weighted by Gasteiger charge is 2.19. The number of hydrogen-bond donors (Lipinski definition) is 1. The van der Waals surface area contributed by atoms with Crippen LogP contribution in [0.4, 0.5) is 0 Å². The van der Waals surface area contributed by atoms with Crippen molar-refractivity contribution in [3.8, 4) is 0 Å². The summed E-state index contributed by atoms with van der Waals surface area (Å²) < 4.78 is 5.82. The molecule has 0 atom stereocenters. The van der Waals surface area contributed by atoms with Gasteiger partial charge in [-0.1, -0.05) is 0 Å². The third kappa shape index (κ3) is 4.30. The molecule has 1 aliphatic carbocycles.